The van der Waals surface area contributed by atoms with Gasteiger partial charge in [0.1, 0.15) is 5.82 Å². The Morgan fingerprint density at radius 3 is 2.24 bits per heavy atom. The highest BCUT2D eigenvalue weighted by Gasteiger charge is 2.20. The Kier molecular flexibility index (Phi) is 6.15. The topological polar surface area (TPSA) is 53.5 Å². The zero-order valence-corrected chi connectivity index (χ0v) is 15.2. The van der Waals surface area contributed by atoms with Crippen LogP contribution in [0, 0.1) is 11.2 Å². The number of carbonyl (C=O) groups excluding carboxylic acids is 1. The lowest BCUT2D eigenvalue weighted by molar-refractivity contribution is -0.114. The third-order valence-electron chi connectivity index (χ3n) is 3.19. The van der Waals surface area contributed by atoms with E-state index in [9.17, 15) is 9.18 Å². The van der Waals surface area contributed by atoms with Crippen LogP contribution in [0.5, 0.6) is 0 Å². The average Bonchev–Trinajstić information content (AvgIpc) is 2.53. The summed E-state index contributed by atoms with van der Waals surface area (Å²) in [7, 11) is 0. The molecule has 132 valence electrons. The Bertz CT molecular complexity index is 750. The van der Waals surface area contributed by atoms with Gasteiger partial charge in [-0.3, -0.25) is 15.6 Å². The van der Waals surface area contributed by atoms with Crippen LogP contribution in [0.1, 0.15) is 27.2 Å². The Morgan fingerprint density at radius 1 is 1.08 bits per heavy atom. The molecular formula is C19H21ClFN3O. The van der Waals surface area contributed by atoms with Gasteiger partial charge in [0, 0.05) is 11.4 Å². The van der Waals surface area contributed by atoms with Gasteiger partial charge in [-0.2, -0.15) is 0 Å². The Balaban J connectivity index is 2.20. The van der Waals surface area contributed by atoms with Gasteiger partial charge in [-0.25, -0.2) is 9.38 Å². The maximum absolute atomic E-state index is 13.1. The first-order chi connectivity index (χ1) is 11.7. The van der Waals surface area contributed by atoms with E-state index in [0.717, 1.165) is 5.69 Å². The van der Waals surface area contributed by atoms with Crippen molar-refractivity contribution in [1.29, 1.82) is 0 Å². The quantitative estimate of drug-likeness (QED) is 0.441. The molecule has 0 aliphatic heterocycles. The molecule has 0 aliphatic carbocycles. The lowest BCUT2D eigenvalue weighted by Gasteiger charge is -2.18. The van der Waals surface area contributed by atoms with Crippen molar-refractivity contribution in [3.05, 3.63) is 59.4 Å². The second-order valence-electron chi connectivity index (χ2n) is 6.85. The number of hydrazine groups is 1. The van der Waals surface area contributed by atoms with Crippen molar-refractivity contribution in [3.8, 4) is 0 Å². The van der Waals surface area contributed by atoms with E-state index in [-0.39, 0.29) is 22.9 Å². The third kappa shape index (κ3) is 6.55. The summed E-state index contributed by atoms with van der Waals surface area (Å²) in [6.07, 6.45) is 0.322. The first-order valence-electron chi connectivity index (χ1n) is 7.88. The first kappa shape index (κ1) is 18.9. The number of hydrogen-bond acceptors (Lipinski definition) is 3. The Hall–Kier alpha value is -2.40. The largest absolute Gasteiger partial charge is 0.300 e. The van der Waals surface area contributed by atoms with Crippen LogP contribution in [0.4, 0.5) is 15.8 Å². The van der Waals surface area contributed by atoms with Crippen LogP contribution in [0.15, 0.2) is 53.5 Å². The predicted molar refractivity (Wildman–Crippen MR) is 101 cm³/mol. The maximum Gasteiger partial charge on any atom is 0.199 e. The number of ketones is 1. The molecule has 2 aromatic rings. The second kappa shape index (κ2) is 8.12. The molecule has 2 aromatic carbocycles. The van der Waals surface area contributed by atoms with Gasteiger partial charge in [0.05, 0.1) is 11.4 Å². The number of nitrogens with one attached hydrogen (secondary N) is 2. The van der Waals surface area contributed by atoms with Gasteiger partial charge in [0.25, 0.3) is 0 Å². The van der Waals surface area contributed by atoms with Crippen LogP contribution in [-0.4, -0.2) is 11.6 Å². The summed E-state index contributed by atoms with van der Waals surface area (Å²) in [4.78, 5) is 16.9. The number of anilines is 1. The van der Waals surface area contributed by atoms with Gasteiger partial charge in [-0.15, -0.1) is 0 Å². The molecule has 2 rings (SSSR count). The number of carbonyl (C=O) groups is 1. The van der Waals surface area contributed by atoms with Crippen molar-refractivity contribution in [2.45, 2.75) is 27.2 Å². The van der Waals surface area contributed by atoms with E-state index < -0.39 is 0 Å². The number of benzene rings is 2. The summed E-state index contributed by atoms with van der Waals surface area (Å²) in [6.45, 7) is 5.94. The minimum absolute atomic E-state index is 0.140. The molecule has 0 bridgehead atoms. The molecule has 6 heteroatoms. The molecule has 0 amide bonds. The monoisotopic (exact) mass is 361 g/mol. The van der Waals surface area contributed by atoms with Crippen molar-refractivity contribution in [3.63, 3.8) is 0 Å². The fourth-order valence-electron chi connectivity index (χ4n) is 2.03. The molecule has 0 saturated carbocycles. The predicted octanol–water partition coefficient (Wildman–Crippen LogP) is 5.13. The number of hydrogen-bond donors (Lipinski definition) is 2. The lowest BCUT2D eigenvalue weighted by Crippen LogP contribution is -2.37. The van der Waals surface area contributed by atoms with E-state index in [2.05, 4.69) is 15.8 Å². The normalized spacial score (nSPS) is 12.0. The van der Waals surface area contributed by atoms with Gasteiger partial charge in [-0.05, 0) is 53.9 Å². The van der Waals surface area contributed by atoms with Crippen LogP contribution in [0.3, 0.4) is 0 Å². The molecule has 0 atom stereocenters. The van der Waals surface area contributed by atoms with Crippen molar-refractivity contribution in [2.75, 3.05) is 5.43 Å². The minimum Gasteiger partial charge on any atom is -0.300 e. The van der Waals surface area contributed by atoms with Gasteiger partial charge < -0.3 is 0 Å². The smallest absolute Gasteiger partial charge is 0.199 e. The molecular weight excluding hydrogens is 341 g/mol. The molecule has 0 aliphatic rings. The highest BCUT2D eigenvalue weighted by Crippen LogP contribution is 2.20. The summed E-state index contributed by atoms with van der Waals surface area (Å²) in [5.74, 6) is -0.330. The van der Waals surface area contributed by atoms with E-state index in [4.69, 9.17) is 11.6 Å². The van der Waals surface area contributed by atoms with E-state index in [0.29, 0.717) is 17.1 Å². The molecule has 25 heavy (non-hydrogen) atoms. The van der Waals surface area contributed by atoms with Gasteiger partial charge >= 0.3 is 0 Å². The number of halogens is 2. The third-order valence-corrected chi connectivity index (χ3v) is 3.44. The Morgan fingerprint density at radius 2 is 1.68 bits per heavy atom. The highest BCUT2D eigenvalue weighted by atomic mass is 35.5. The zero-order valence-electron chi connectivity index (χ0n) is 14.4. The fourth-order valence-corrected chi connectivity index (χ4v) is 2.16. The summed E-state index contributed by atoms with van der Waals surface area (Å²) < 4.78 is 13.1. The standard InChI is InChI=1S/C19H21ClFN3O/c1-19(2,3)12-17(25)18(22-15-10-6-14(21)7-11-15)24-23-16-8-4-13(20)5-9-16/h4-11,23H,12H2,1-3H3,(H,22,24). The van der Waals surface area contributed by atoms with Crippen LogP contribution >= 0.6 is 11.6 Å². The number of aliphatic imine (C=N–C) groups is 1. The van der Waals surface area contributed by atoms with Crippen LogP contribution < -0.4 is 10.9 Å². The lowest BCUT2D eigenvalue weighted by atomic mass is 9.90. The van der Waals surface area contributed by atoms with Crippen LogP contribution in [-0.2, 0) is 4.79 Å². The fraction of sp³-hybridized carbons (Fsp3) is 0.263. The minimum atomic E-state index is -0.353. The first-order valence-corrected chi connectivity index (χ1v) is 8.26. The highest BCUT2D eigenvalue weighted by molar-refractivity contribution is 6.39. The molecule has 0 aromatic heterocycles. The van der Waals surface area contributed by atoms with E-state index in [1.165, 1.54) is 24.3 Å². The second-order valence-corrected chi connectivity index (χ2v) is 7.29. The van der Waals surface area contributed by atoms with E-state index in [1.807, 2.05) is 20.8 Å². The van der Waals surface area contributed by atoms with Gasteiger partial charge in [-0.1, -0.05) is 32.4 Å². The number of rotatable bonds is 5. The maximum atomic E-state index is 13.1. The zero-order chi connectivity index (χ0) is 18.4. The van der Waals surface area contributed by atoms with Crippen molar-refractivity contribution in [1.82, 2.24) is 5.43 Å². The molecule has 0 spiro atoms. The van der Waals surface area contributed by atoms with E-state index >= 15 is 0 Å². The van der Waals surface area contributed by atoms with Crippen LogP contribution in [0.25, 0.3) is 0 Å². The van der Waals surface area contributed by atoms with Crippen molar-refractivity contribution in [2.24, 2.45) is 10.4 Å². The molecule has 4 nitrogen and oxygen atoms in total. The van der Waals surface area contributed by atoms with Gasteiger partial charge in [0.15, 0.2) is 11.6 Å². The number of amidine groups is 1. The average molecular weight is 362 g/mol. The molecule has 0 heterocycles. The molecule has 0 fully saturated rings. The van der Waals surface area contributed by atoms with Gasteiger partial charge in [0.2, 0.25) is 0 Å². The van der Waals surface area contributed by atoms with Crippen molar-refractivity contribution >= 4 is 34.6 Å². The van der Waals surface area contributed by atoms with E-state index in [1.54, 1.807) is 24.3 Å². The van der Waals surface area contributed by atoms with Crippen molar-refractivity contribution < 1.29 is 9.18 Å². The number of nitrogens with zero attached hydrogens (tertiary/aromatic N) is 1. The molecule has 0 saturated heterocycles. The SMILES string of the molecule is CC(C)(C)CC(=O)C(=Nc1ccc(F)cc1)NNc1ccc(Cl)cc1. The summed E-state index contributed by atoms with van der Waals surface area (Å²) >= 11 is 5.86. The molecule has 0 radical (unpaired) electrons. The number of Topliss-reactive ketones (excluding diaryl/α,β-unsaturated/α-hetero) is 1. The van der Waals surface area contributed by atoms with Crippen LogP contribution in [0.2, 0.25) is 5.02 Å². The Labute approximate surface area is 152 Å². The molecule has 2 N–H and O–H groups in total. The summed E-state index contributed by atoms with van der Waals surface area (Å²) in [6, 6.07) is 12.7. The summed E-state index contributed by atoms with van der Waals surface area (Å²) in [5.41, 5.74) is 6.84. The summed E-state index contributed by atoms with van der Waals surface area (Å²) in [5, 5.41) is 0.620. The molecule has 0 unspecified atom stereocenters.